The summed E-state index contributed by atoms with van der Waals surface area (Å²) in [6, 6.07) is 8.91. The van der Waals surface area contributed by atoms with Crippen LogP contribution in [0, 0.1) is 6.92 Å². The minimum absolute atomic E-state index is 0.0226. The molecule has 2 amide bonds. The first kappa shape index (κ1) is 18.5. The number of hydrogen-bond acceptors (Lipinski definition) is 2. The Hall–Kier alpha value is -1.55. The van der Waals surface area contributed by atoms with Crippen molar-refractivity contribution in [2.45, 2.75) is 46.2 Å². The van der Waals surface area contributed by atoms with E-state index in [0.29, 0.717) is 12.6 Å². The van der Waals surface area contributed by atoms with E-state index in [2.05, 4.69) is 69.2 Å². The van der Waals surface area contributed by atoms with Crippen LogP contribution in [0.15, 0.2) is 24.3 Å². The molecule has 0 spiro atoms. The third kappa shape index (κ3) is 5.34. The first-order valence-corrected chi connectivity index (χ1v) is 8.14. The van der Waals surface area contributed by atoms with Gasteiger partial charge in [-0.2, -0.15) is 0 Å². The minimum atomic E-state index is -0.0226. The van der Waals surface area contributed by atoms with Crippen molar-refractivity contribution in [3.05, 3.63) is 35.4 Å². The molecule has 0 saturated carbocycles. The van der Waals surface area contributed by atoms with E-state index < -0.39 is 0 Å². The van der Waals surface area contributed by atoms with Gasteiger partial charge in [-0.3, -0.25) is 0 Å². The molecular formula is C18H31N3O. The molecule has 0 radical (unpaired) electrons. The fourth-order valence-electron chi connectivity index (χ4n) is 2.24. The lowest BCUT2D eigenvalue weighted by atomic mass is 10.1. The number of likely N-dealkylation sites (N-methyl/N-ethyl adjacent to an activating group) is 1. The summed E-state index contributed by atoms with van der Waals surface area (Å²) >= 11 is 0. The molecule has 1 N–H and O–H groups in total. The molecule has 0 fully saturated rings. The maximum absolute atomic E-state index is 12.2. The fourth-order valence-corrected chi connectivity index (χ4v) is 2.24. The largest absolute Gasteiger partial charge is 0.337 e. The molecule has 4 heteroatoms. The predicted molar refractivity (Wildman–Crippen MR) is 93.1 cm³/mol. The number of rotatable bonds is 7. The number of urea groups is 1. The van der Waals surface area contributed by atoms with Crippen molar-refractivity contribution in [1.29, 1.82) is 0 Å². The van der Waals surface area contributed by atoms with Gasteiger partial charge in [0.2, 0.25) is 0 Å². The quantitative estimate of drug-likeness (QED) is 0.837. The number of aryl methyl sites for hydroxylation is 1. The number of nitrogens with one attached hydrogen (secondary N) is 1. The van der Waals surface area contributed by atoms with Gasteiger partial charge in [0.25, 0.3) is 0 Å². The minimum Gasteiger partial charge on any atom is -0.337 e. The Morgan fingerprint density at radius 3 is 2.32 bits per heavy atom. The molecule has 1 rings (SSSR count). The summed E-state index contributed by atoms with van der Waals surface area (Å²) in [5.74, 6) is 0. The van der Waals surface area contributed by atoms with Crippen molar-refractivity contribution in [3.8, 4) is 0 Å². The molecule has 0 saturated heterocycles. The van der Waals surface area contributed by atoms with Crippen LogP contribution in [0.3, 0.4) is 0 Å². The maximum atomic E-state index is 12.2. The highest BCUT2D eigenvalue weighted by atomic mass is 16.2. The van der Waals surface area contributed by atoms with Crippen LogP contribution in [0.1, 0.15) is 44.4 Å². The van der Waals surface area contributed by atoms with Crippen LogP contribution in [0.2, 0.25) is 0 Å². The second kappa shape index (κ2) is 8.79. The molecule has 0 heterocycles. The van der Waals surface area contributed by atoms with E-state index in [9.17, 15) is 4.79 Å². The Morgan fingerprint density at radius 1 is 1.18 bits per heavy atom. The Balaban J connectivity index is 2.46. The summed E-state index contributed by atoms with van der Waals surface area (Å²) in [6.07, 6.45) is 1.12. The molecule has 0 aliphatic carbocycles. The Kier molecular flexibility index (Phi) is 7.39. The Morgan fingerprint density at radius 2 is 1.77 bits per heavy atom. The highest BCUT2D eigenvalue weighted by Crippen LogP contribution is 2.18. The molecule has 2 atom stereocenters. The van der Waals surface area contributed by atoms with E-state index in [-0.39, 0.29) is 12.1 Å². The van der Waals surface area contributed by atoms with Crippen molar-refractivity contribution in [3.63, 3.8) is 0 Å². The normalized spacial score (nSPS) is 13.8. The molecule has 1 aromatic rings. The molecule has 0 aliphatic rings. The maximum Gasteiger partial charge on any atom is 0.317 e. The van der Waals surface area contributed by atoms with E-state index in [0.717, 1.165) is 18.5 Å². The van der Waals surface area contributed by atoms with Crippen LogP contribution in [-0.4, -0.2) is 49.1 Å². The van der Waals surface area contributed by atoms with Gasteiger partial charge in [0.15, 0.2) is 0 Å². The zero-order valence-corrected chi connectivity index (χ0v) is 14.9. The summed E-state index contributed by atoms with van der Waals surface area (Å²) in [5.41, 5.74) is 2.39. The lowest BCUT2D eigenvalue weighted by Gasteiger charge is -2.27. The average molecular weight is 305 g/mol. The lowest BCUT2D eigenvalue weighted by Crippen LogP contribution is -2.42. The molecule has 124 valence electrons. The van der Waals surface area contributed by atoms with Gasteiger partial charge < -0.3 is 15.1 Å². The van der Waals surface area contributed by atoms with Gasteiger partial charge in [0, 0.05) is 26.2 Å². The Labute approximate surface area is 135 Å². The summed E-state index contributed by atoms with van der Waals surface area (Å²) in [4.78, 5) is 16.3. The monoisotopic (exact) mass is 305 g/mol. The summed E-state index contributed by atoms with van der Waals surface area (Å²) in [7, 11) is 3.94. The van der Waals surface area contributed by atoms with Gasteiger partial charge in [0.05, 0.1) is 6.04 Å². The lowest BCUT2D eigenvalue weighted by molar-refractivity contribution is 0.190. The number of carbonyl (C=O) groups is 1. The molecule has 0 unspecified atom stereocenters. The van der Waals surface area contributed by atoms with Gasteiger partial charge in [0.1, 0.15) is 0 Å². The van der Waals surface area contributed by atoms with E-state index in [4.69, 9.17) is 0 Å². The van der Waals surface area contributed by atoms with Crippen LogP contribution in [-0.2, 0) is 0 Å². The number of carbonyl (C=O) groups excluding carboxylic acids is 1. The van der Waals surface area contributed by atoms with Gasteiger partial charge in [-0.25, -0.2) is 4.79 Å². The number of hydrogen-bond donors (Lipinski definition) is 1. The molecule has 22 heavy (non-hydrogen) atoms. The smallest absolute Gasteiger partial charge is 0.317 e. The van der Waals surface area contributed by atoms with Crippen LogP contribution in [0.25, 0.3) is 0 Å². The van der Waals surface area contributed by atoms with Gasteiger partial charge in [-0.15, -0.1) is 0 Å². The zero-order chi connectivity index (χ0) is 16.7. The van der Waals surface area contributed by atoms with Crippen LogP contribution in [0.5, 0.6) is 0 Å². The molecule has 0 bridgehead atoms. The first-order chi connectivity index (χ1) is 10.4. The molecule has 1 aromatic carbocycles. The third-order valence-electron chi connectivity index (χ3n) is 4.55. The van der Waals surface area contributed by atoms with Crippen molar-refractivity contribution in [2.24, 2.45) is 0 Å². The van der Waals surface area contributed by atoms with E-state index >= 15 is 0 Å². The number of nitrogens with zero attached hydrogens (tertiary/aromatic N) is 2. The highest BCUT2D eigenvalue weighted by Gasteiger charge is 2.17. The second-order valence-corrected chi connectivity index (χ2v) is 6.17. The fraction of sp³-hybridized carbons (Fsp3) is 0.611. The number of amides is 2. The SMILES string of the molecule is CC[C@H](C)N(C)CCNC(=O)N(C)[C@@H](C)c1ccc(C)cc1. The summed E-state index contributed by atoms with van der Waals surface area (Å²) in [6.45, 7) is 10.0. The zero-order valence-electron chi connectivity index (χ0n) is 14.9. The molecule has 0 aliphatic heterocycles. The molecule has 0 aromatic heterocycles. The first-order valence-electron chi connectivity index (χ1n) is 8.14. The summed E-state index contributed by atoms with van der Waals surface area (Å²) in [5, 5.41) is 3.00. The van der Waals surface area contributed by atoms with Crippen molar-refractivity contribution >= 4 is 6.03 Å². The number of benzene rings is 1. The van der Waals surface area contributed by atoms with E-state index in [1.54, 1.807) is 4.90 Å². The van der Waals surface area contributed by atoms with Gasteiger partial charge in [-0.1, -0.05) is 36.8 Å². The van der Waals surface area contributed by atoms with Crippen molar-refractivity contribution < 1.29 is 4.79 Å². The molecular weight excluding hydrogens is 274 g/mol. The standard InChI is InChI=1S/C18H31N3O/c1-7-15(3)20(5)13-12-19-18(22)21(6)16(4)17-10-8-14(2)9-11-17/h8-11,15-16H,7,12-13H2,1-6H3,(H,19,22)/t15-,16-/m0/s1. The van der Waals surface area contributed by atoms with Crippen LogP contribution < -0.4 is 5.32 Å². The van der Waals surface area contributed by atoms with E-state index in [1.165, 1.54) is 5.56 Å². The van der Waals surface area contributed by atoms with Crippen LogP contribution in [0.4, 0.5) is 4.79 Å². The van der Waals surface area contributed by atoms with E-state index in [1.807, 2.05) is 7.05 Å². The summed E-state index contributed by atoms with van der Waals surface area (Å²) < 4.78 is 0. The Bertz CT molecular complexity index is 458. The highest BCUT2D eigenvalue weighted by molar-refractivity contribution is 5.74. The molecule has 4 nitrogen and oxygen atoms in total. The van der Waals surface area contributed by atoms with Crippen LogP contribution >= 0.6 is 0 Å². The van der Waals surface area contributed by atoms with Gasteiger partial charge in [-0.05, 0) is 39.8 Å². The van der Waals surface area contributed by atoms with Crippen molar-refractivity contribution in [1.82, 2.24) is 15.1 Å². The second-order valence-electron chi connectivity index (χ2n) is 6.17. The van der Waals surface area contributed by atoms with Gasteiger partial charge >= 0.3 is 6.03 Å². The average Bonchev–Trinajstić information content (AvgIpc) is 2.53. The third-order valence-corrected chi connectivity index (χ3v) is 4.55. The topological polar surface area (TPSA) is 35.6 Å². The predicted octanol–water partition coefficient (Wildman–Crippen LogP) is 3.43. The van der Waals surface area contributed by atoms with Crippen molar-refractivity contribution in [2.75, 3.05) is 27.2 Å².